The predicted octanol–water partition coefficient (Wildman–Crippen LogP) is 4.59. The quantitative estimate of drug-likeness (QED) is 0.269. The number of esters is 1. The Kier molecular flexibility index (Phi) is 7.50. The lowest BCUT2D eigenvalue weighted by Gasteiger charge is -2.32. The third kappa shape index (κ3) is 5.37. The van der Waals surface area contributed by atoms with Crippen LogP contribution in [0, 0.1) is 16.0 Å². The summed E-state index contributed by atoms with van der Waals surface area (Å²) in [5, 5.41) is 25.3. The molecule has 10 nitrogen and oxygen atoms in total. The number of non-ortho nitro benzene ring substituents is 1. The normalized spacial score (nSPS) is 14.1. The highest BCUT2D eigenvalue weighted by atomic mass is 35.5. The summed E-state index contributed by atoms with van der Waals surface area (Å²) in [7, 11) is 1.55. The van der Waals surface area contributed by atoms with Gasteiger partial charge in [-0.25, -0.2) is 0 Å². The summed E-state index contributed by atoms with van der Waals surface area (Å²) in [6, 6.07) is 10.1. The molecular formula is C24H26ClN5O5. The van der Waals surface area contributed by atoms with Crippen LogP contribution in [0.25, 0.3) is 10.8 Å². The van der Waals surface area contributed by atoms with Gasteiger partial charge in [0, 0.05) is 42.5 Å². The van der Waals surface area contributed by atoms with Crippen LogP contribution in [0.5, 0.6) is 5.75 Å². The van der Waals surface area contributed by atoms with Gasteiger partial charge in [-0.1, -0.05) is 17.7 Å². The van der Waals surface area contributed by atoms with Crippen LogP contribution in [-0.2, 0) is 16.1 Å². The van der Waals surface area contributed by atoms with Crippen molar-refractivity contribution in [2.45, 2.75) is 26.3 Å². The van der Waals surface area contributed by atoms with Crippen LogP contribution < -0.4 is 15.0 Å². The maximum absolute atomic E-state index is 12.1. The maximum atomic E-state index is 12.1. The molecule has 184 valence electrons. The first kappa shape index (κ1) is 24.5. The molecule has 0 unspecified atom stereocenters. The number of fused-ring (bicyclic) bond motifs is 1. The number of anilines is 2. The molecule has 1 N–H and O–H groups in total. The van der Waals surface area contributed by atoms with Gasteiger partial charge in [0.2, 0.25) is 0 Å². The maximum Gasteiger partial charge on any atom is 0.309 e. The van der Waals surface area contributed by atoms with Gasteiger partial charge in [0.05, 0.1) is 29.6 Å². The van der Waals surface area contributed by atoms with Crippen LogP contribution in [0.15, 0.2) is 36.4 Å². The largest absolute Gasteiger partial charge is 0.495 e. The lowest BCUT2D eigenvalue weighted by Crippen LogP contribution is -2.37. The van der Waals surface area contributed by atoms with E-state index in [1.807, 2.05) is 6.07 Å². The molecular weight excluding hydrogens is 474 g/mol. The highest BCUT2D eigenvalue weighted by molar-refractivity contribution is 6.32. The van der Waals surface area contributed by atoms with E-state index in [0.717, 1.165) is 10.9 Å². The van der Waals surface area contributed by atoms with E-state index in [1.165, 1.54) is 12.1 Å². The van der Waals surface area contributed by atoms with Crippen LogP contribution in [-0.4, -0.2) is 47.9 Å². The smallest absolute Gasteiger partial charge is 0.309 e. The minimum atomic E-state index is -0.433. The van der Waals surface area contributed by atoms with Crippen molar-refractivity contribution in [3.63, 3.8) is 0 Å². The Labute approximate surface area is 207 Å². The lowest BCUT2D eigenvalue weighted by atomic mass is 9.96. The second kappa shape index (κ2) is 10.7. The van der Waals surface area contributed by atoms with E-state index in [1.54, 1.807) is 32.2 Å². The van der Waals surface area contributed by atoms with Gasteiger partial charge < -0.3 is 19.7 Å². The Morgan fingerprint density at radius 1 is 1.20 bits per heavy atom. The number of carbonyl (C=O) groups is 1. The molecule has 3 aromatic rings. The van der Waals surface area contributed by atoms with E-state index < -0.39 is 4.92 Å². The fourth-order valence-corrected chi connectivity index (χ4v) is 4.48. The summed E-state index contributed by atoms with van der Waals surface area (Å²) in [5.41, 5.74) is 0.856. The number of hydrogen-bond donors (Lipinski definition) is 1. The summed E-state index contributed by atoms with van der Waals surface area (Å²) in [4.78, 5) is 25.2. The minimum absolute atomic E-state index is 0.0342. The molecule has 4 rings (SSSR count). The van der Waals surface area contributed by atoms with Gasteiger partial charge in [-0.2, -0.15) is 0 Å². The lowest BCUT2D eigenvalue weighted by molar-refractivity contribution is -0.384. The Morgan fingerprint density at radius 3 is 2.63 bits per heavy atom. The van der Waals surface area contributed by atoms with E-state index >= 15 is 0 Å². The number of rotatable bonds is 8. The number of hydrogen-bond acceptors (Lipinski definition) is 9. The van der Waals surface area contributed by atoms with Crippen LogP contribution >= 0.6 is 11.6 Å². The van der Waals surface area contributed by atoms with Crippen molar-refractivity contribution in [3.05, 3.63) is 57.1 Å². The number of benzene rings is 2. The van der Waals surface area contributed by atoms with Crippen molar-refractivity contribution in [2.75, 3.05) is 37.0 Å². The van der Waals surface area contributed by atoms with Crippen molar-refractivity contribution in [3.8, 4) is 5.75 Å². The number of nitrogens with zero attached hydrogens (tertiary/aromatic N) is 4. The van der Waals surface area contributed by atoms with E-state index in [9.17, 15) is 14.9 Å². The highest BCUT2D eigenvalue weighted by Crippen LogP contribution is 2.34. The Morgan fingerprint density at radius 2 is 1.97 bits per heavy atom. The van der Waals surface area contributed by atoms with Gasteiger partial charge in [0.1, 0.15) is 5.75 Å². The SMILES string of the molecule is CCOC(=O)C1CCN(c2nnc(NCc3ccc(OC)c(Cl)c3)c3cc([N+](=O)[O-])ccc23)CC1. The number of carbonyl (C=O) groups excluding carboxylic acids is 1. The van der Waals surface area contributed by atoms with Crippen molar-refractivity contribution < 1.29 is 19.2 Å². The summed E-state index contributed by atoms with van der Waals surface area (Å²) in [6.45, 7) is 3.78. The number of ether oxygens (including phenoxy) is 2. The fraction of sp³-hybridized carbons (Fsp3) is 0.375. The first-order valence-corrected chi connectivity index (χ1v) is 11.7. The van der Waals surface area contributed by atoms with Gasteiger partial charge in [0.15, 0.2) is 11.6 Å². The standard InChI is InChI=1S/C24H26ClN5O5/c1-3-35-24(31)16-8-10-29(11-9-16)23-18-6-5-17(30(32)33)13-19(18)22(27-28-23)26-14-15-4-7-21(34-2)20(25)12-15/h4-7,12-13,16H,3,8-11,14H2,1-2H3,(H,26,27). The number of piperidine rings is 1. The van der Waals surface area contributed by atoms with Crippen LogP contribution in [0.4, 0.5) is 17.3 Å². The van der Waals surface area contributed by atoms with Crippen molar-refractivity contribution in [1.82, 2.24) is 10.2 Å². The zero-order chi connectivity index (χ0) is 24.9. The molecule has 11 heteroatoms. The minimum Gasteiger partial charge on any atom is -0.495 e. The molecule has 1 aliphatic rings. The molecule has 0 bridgehead atoms. The molecule has 0 amide bonds. The molecule has 35 heavy (non-hydrogen) atoms. The number of nitro groups is 1. The summed E-state index contributed by atoms with van der Waals surface area (Å²) >= 11 is 6.23. The first-order valence-electron chi connectivity index (χ1n) is 11.3. The summed E-state index contributed by atoms with van der Waals surface area (Å²) < 4.78 is 10.3. The van der Waals surface area contributed by atoms with Crippen LogP contribution in [0.1, 0.15) is 25.3 Å². The summed E-state index contributed by atoms with van der Waals surface area (Å²) in [5.74, 6) is 1.34. The molecule has 1 saturated heterocycles. The number of halogens is 1. The van der Waals surface area contributed by atoms with Gasteiger partial charge in [-0.05, 0) is 43.5 Å². The van der Waals surface area contributed by atoms with E-state index in [0.29, 0.717) is 66.9 Å². The topological polar surface area (TPSA) is 120 Å². The van der Waals surface area contributed by atoms with E-state index in [2.05, 4.69) is 20.4 Å². The van der Waals surface area contributed by atoms with E-state index in [4.69, 9.17) is 21.1 Å². The molecule has 1 aromatic heterocycles. The number of aromatic nitrogens is 2. The van der Waals surface area contributed by atoms with Gasteiger partial charge in [0.25, 0.3) is 5.69 Å². The van der Waals surface area contributed by atoms with E-state index in [-0.39, 0.29) is 17.6 Å². The second-order valence-electron chi connectivity index (χ2n) is 8.20. The molecule has 2 heterocycles. The van der Waals surface area contributed by atoms with Crippen molar-refractivity contribution in [1.29, 1.82) is 0 Å². The van der Waals surface area contributed by atoms with Crippen molar-refractivity contribution in [2.24, 2.45) is 5.92 Å². The monoisotopic (exact) mass is 499 g/mol. The van der Waals surface area contributed by atoms with Gasteiger partial charge in [-0.15, -0.1) is 10.2 Å². The zero-order valence-electron chi connectivity index (χ0n) is 19.5. The molecule has 0 radical (unpaired) electrons. The zero-order valence-corrected chi connectivity index (χ0v) is 20.2. The first-order chi connectivity index (χ1) is 16.9. The predicted molar refractivity (Wildman–Crippen MR) is 133 cm³/mol. The third-order valence-electron chi connectivity index (χ3n) is 6.05. The fourth-order valence-electron chi connectivity index (χ4n) is 4.20. The Hall–Kier alpha value is -3.66. The number of nitro benzene ring substituents is 1. The van der Waals surface area contributed by atoms with Crippen LogP contribution in [0.3, 0.4) is 0 Å². The van der Waals surface area contributed by atoms with Crippen molar-refractivity contribution >= 4 is 45.7 Å². The second-order valence-corrected chi connectivity index (χ2v) is 8.60. The van der Waals surface area contributed by atoms with Crippen LogP contribution in [0.2, 0.25) is 5.02 Å². The average molecular weight is 500 g/mol. The molecule has 0 spiro atoms. The number of nitrogens with one attached hydrogen (secondary N) is 1. The molecule has 1 fully saturated rings. The summed E-state index contributed by atoms with van der Waals surface area (Å²) in [6.07, 6.45) is 1.29. The third-order valence-corrected chi connectivity index (χ3v) is 6.34. The molecule has 0 saturated carbocycles. The Balaban J connectivity index is 1.60. The van der Waals surface area contributed by atoms with Gasteiger partial charge >= 0.3 is 5.97 Å². The highest BCUT2D eigenvalue weighted by Gasteiger charge is 2.28. The molecule has 0 aliphatic carbocycles. The molecule has 2 aromatic carbocycles. The average Bonchev–Trinajstić information content (AvgIpc) is 2.87. The van der Waals surface area contributed by atoms with Gasteiger partial charge in [-0.3, -0.25) is 14.9 Å². The molecule has 0 atom stereocenters. The Bertz CT molecular complexity index is 1250. The number of methoxy groups -OCH3 is 1. The molecule has 1 aliphatic heterocycles.